The van der Waals surface area contributed by atoms with Crippen LogP contribution in [0.5, 0.6) is 0 Å². The van der Waals surface area contributed by atoms with Crippen LogP contribution >= 0.6 is 23.2 Å². The number of anilines is 2. The minimum Gasteiger partial charge on any atom is -0.444 e. The Labute approximate surface area is 436 Å². The van der Waals surface area contributed by atoms with Gasteiger partial charge in [-0.3, -0.25) is 9.59 Å². The number of hydrogen-bond donors (Lipinski definition) is 7. The molecule has 390 valence electrons. The first kappa shape index (κ1) is 54.1. The fourth-order valence-electron chi connectivity index (χ4n) is 9.10. The van der Waals surface area contributed by atoms with Crippen LogP contribution in [0.4, 0.5) is 21.5 Å². The van der Waals surface area contributed by atoms with Crippen molar-refractivity contribution in [3.05, 3.63) is 83.4 Å². The van der Waals surface area contributed by atoms with Crippen molar-refractivity contribution in [2.24, 2.45) is 7.05 Å². The highest BCUT2D eigenvalue weighted by molar-refractivity contribution is 6.33. The number of amides is 4. The van der Waals surface area contributed by atoms with Crippen LogP contribution in [-0.4, -0.2) is 102 Å². The third kappa shape index (κ3) is 15.9. The molecule has 2 aliphatic rings. The van der Waals surface area contributed by atoms with Gasteiger partial charge in [0.1, 0.15) is 11.2 Å². The highest BCUT2D eigenvalue weighted by atomic mass is 35.5. The van der Waals surface area contributed by atoms with E-state index in [9.17, 15) is 19.2 Å². The lowest BCUT2D eigenvalue weighted by molar-refractivity contribution is -0.122. The summed E-state index contributed by atoms with van der Waals surface area (Å²) in [7, 11) is 2.00. The van der Waals surface area contributed by atoms with E-state index in [1.165, 1.54) is 0 Å². The van der Waals surface area contributed by atoms with E-state index in [2.05, 4.69) is 63.6 Å². The second-order valence-electron chi connectivity index (χ2n) is 20.6. The normalized spacial score (nSPS) is 17.9. The van der Waals surface area contributed by atoms with Crippen LogP contribution in [0.15, 0.2) is 73.3 Å². The number of H-pyrrole nitrogens is 1. The fourth-order valence-corrected chi connectivity index (χ4v) is 9.49. The Morgan fingerprint density at radius 2 is 1.12 bits per heavy atom. The number of benzene rings is 2. The largest absolute Gasteiger partial charge is 0.444 e. The first-order valence-corrected chi connectivity index (χ1v) is 25.7. The Kier molecular flexibility index (Phi) is 18.1. The molecule has 2 fully saturated rings. The van der Waals surface area contributed by atoms with E-state index in [1.807, 2.05) is 55.8 Å². The predicted octanol–water partition coefficient (Wildman–Crippen LogP) is 10.1. The van der Waals surface area contributed by atoms with Gasteiger partial charge in [0, 0.05) is 102 Å². The van der Waals surface area contributed by atoms with Crippen LogP contribution in [0.25, 0.3) is 44.3 Å². The van der Waals surface area contributed by atoms with Crippen LogP contribution in [0, 0.1) is 0 Å². The van der Waals surface area contributed by atoms with Crippen molar-refractivity contribution >= 4 is 80.9 Å². The van der Waals surface area contributed by atoms with Crippen LogP contribution < -0.4 is 31.9 Å². The number of hydrogen-bond acceptors (Lipinski definition) is 12. The van der Waals surface area contributed by atoms with E-state index >= 15 is 0 Å². The third-order valence-electron chi connectivity index (χ3n) is 12.3. The second kappa shape index (κ2) is 24.4. The molecule has 0 aliphatic heterocycles. The summed E-state index contributed by atoms with van der Waals surface area (Å²) in [6.07, 6.45) is 13.8. The van der Waals surface area contributed by atoms with E-state index in [-0.39, 0.29) is 61.9 Å². The molecule has 0 bridgehead atoms. The molecular weight excluding hydrogens is 972 g/mol. The van der Waals surface area contributed by atoms with Crippen molar-refractivity contribution in [1.29, 1.82) is 0 Å². The molecule has 0 saturated heterocycles. The van der Waals surface area contributed by atoms with Crippen LogP contribution in [0.1, 0.15) is 106 Å². The lowest BCUT2D eigenvalue weighted by Crippen LogP contribution is -2.43. The quantitative estimate of drug-likeness (QED) is 0.0540. The SMILES string of the molecule is CC(C)(C)OC(=O)NCCC(=O)N[C@H]1CCC[C@@H](Nc2ncc(Cl)c(-c3c[nH]c4ccccc34)n2)C1.Cn1cc(-c2nc(N[C@@H]3CCC[C@H](NC(=O)CCNC(=O)OC(C)(C)C)C3)ncc2Cl)c2ccccc21. The minimum atomic E-state index is -0.570. The number of fused-ring (bicyclic) bond motifs is 2. The molecule has 6 aromatic rings. The van der Waals surface area contributed by atoms with Crippen molar-refractivity contribution in [3.8, 4) is 22.5 Å². The van der Waals surface area contributed by atoms with Crippen molar-refractivity contribution in [2.75, 3.05) is 23.7 Å². The number of rotatable bonds is 14. The summed E-state index contributed by atoms with van der Waals surface area (Å²) < 4.78 is 12.4. The van der Waals surface area contributed by atoms with Gasteiger partial charge in [-0.25, -0.2) is 29.5 Å². The zero-order chi connectivity index (χ0) is 52.3. The van der Waals surface area contributed by atoms with Gasteiger partial charge in [0.15, 0.2) is 0 Å². The molecule has 4 atom stereocenters. The van der Waals surface area contributed by atoms with Gasteiger partial charge in [-0.15, -0.1) is 0 Å². The highest BCUT2D eigenvalue weighted by Crippen LogP contribution is 2.35. The number of carbonyl (C=O) groups excluding carboxylic acids is 4. The van der Waals surface area contributed by atoms with Crippen LogP contribution in [-0.2, 0) is 26.1 Å². The van der Waals surface area contributed by atoms with E-state index in [4.69, 9.17) is 42.6 Å². The number of aromatic nitrogens is 6. The standard InChI is InChI=1S/C27H35ClN6O3.C26H33ClN6O3/c1-27(2,3)37-26(36)29-13-12-23(35)31-17-8-7-9-18(14-17)32-25-30-15-21(28)24(33-25)20-16-34(4)22-11-6-5-10-19(20)22;1-26(2,3)36-25(35)28-12-11-22(34)31-16-7-6-8-17(13-16)32-24-30-15-20(27)23(33-24)19-14-29-21-10-5-4-9-18(19)21/h5-6,10-11,15-18H,7-9,12-14H2,1-4H3,(H,29,36)(H,31,35)(H,30,32,33);4-5,9-10,14-17,29H,6-8,11-13H2,1-3H3,(H,28,35)(H,31,34)(H,30,32,33)/t17-,18+;16-,17+/m00/s1. The maximum absolute atomic E-state index is 12.4. The Morgan fingerprint density at radius 1 is 0.658 bits per heavy atom. The van der Waals surface area contributed by atoms with E-state index in [0.717, 1.165) is 84.3 Å². The number of alkyl carbamates (subject to hydrolysis) is 2. The van der Waals surface area contributed by atoms with Gasteiger partial charge in [-0.1, -0.05) is 59.6 Å². The Morgan fingerprint density at radius 3 is 1.64 bits per heavy atom. The lowest BCUT2D eigenvalue weighted by atomic mass is 9.91. The summed E-state index contributed by atoms with van der Waals surface area (Å²) in [6.45, 7) is 11.2. The average molecular weight is 1040 g/mol. The summed E-state index contributed by atoms with van der Waals surface area (Å²) in [5.41, 5.74) is 4.23. The maximum Gasteiger partial charge on any atom is 0.407 e. The summed E-state index contributed by atoms with van der Waals surface area (Å²) in [5.74, 6) is 0.841. The zero-order valence-electron chi connectivity index (χ0n) is 42.7. The first-order chi connectivity index (χ1) is 34.8. The number of nitrogens with zero attached hydrogens (tertiary/aromatic N) is 5. The van der Waals surface area contributed by atoms with Gasteiger partial charge in [-0.2, -0.15) is 0 Å². The molecule has 2 saturated carbocycles. The molecule has 18 nitrogen and oxygen atoms in total. The number of halogens is 2. The third-order valence-corrected chi connectivity index (χ3v) is 12.8. The summed E-state index contributed by atoms with van der Waals surface area (Å²) >= 11 is 13.0. The van der Waals surface area contributed by atoms with E-state index in [0.29, 0.717) is 33.3 Å². The summed E-state index contributed by atoms with van der Waals surface area (Å²) in [5, 5.41) is 21.4. The molecule has 4 amide bonds. The number of carbonyl (C=O) groups is 4. The number of para-hydroxylation sites is 2. The second-order valence-corrected chi connectivity index (χ2v) is 21.4. The fraction of sp³-hybridized carbons (Fsp3) is 0.472. The zero-order valence-corrected chi connectivity index (χ0v) is 44.2. The van der Waals surface area contributed by atoms with Crippen LogP contribution in [0.3, 0.4) is 0 Å². The summed E-state index contributed by atoms with van der Waals surface area (Å²) in [4.78, 5) is 69.8. The smallest absolute Gasteiger partial charge is 0.407 e. The van der Waals surface area contributed by atoms with E-state index in [1.54, 1.807) is 53.9 Å². The monoisotopic (exact) mass is 1040 g/mol. The number of ether oxygens (including phenoxy) is 2. The number of aryl methyl sites for hydroxylation is 1. The molecule has 7 N–H and O–H groups in total. The molecule has 0 spiro atoms. The predicted molar refractivity (Wildman–Crippen MR) is 287 cm³/mol. The highest BCUT2D eigenvalue weighted by Gasteiger charge is 2.27. The van der Waals surface area contributed by atoms with Gasteiger partial charge in [-0.05, 0) is 105 Å². The molecule has 0 unspecified atom stereocenters. The van der Waals surface area contributed by atoms with Crippen molar-refractivity contribution in [1.82, 2.24) is 50.8 Å². The average Bonchev–Trinajstić information content (AvgIpc) is 3.90. The lowest BCUT2D eigenvalue weighted by Gasteiger charge is -2.30. The Hall–Kier alpha value is -6.66. The molecule has 73 heavy (non-hydrogen) atoms. The Bertz CT molecular complexity index is 2880. The van der Waals surface area contributed by atoms with Crippen molar-refractivity contribution < 1.29 is 28.7 Å². The number of aromatic amines is 1. The molecule has 4 heterocycles. The molecular formula is C53H68Cl2N12O6. The molecule has 4 aromatic heterocycles. The van der Waals surface area contributed by atoms with E-state index < -0.39 is 23.4 Å². The first-order valence-electron chi connectivity index (χ1n) is 25.0. The van der Waals surface area contributed by atoms with Gasteiger partial charge in [0.2, 0.25) is 23.7 Å². The van der Waals surface area contributed by atoms with Gasteiger partial charge < -0.3 is 50.9 Å². The molecule has 2 aromatic carbocycles. The van der Waals surface area contributed by atoms with Crippen LogP contribution in [0.2, 0.25) is 10.0 Å². The summed E-state index contributed by atoms with van der Waals surface area (Å²) in [6, 6.07) is 16.5. The molecule has 8 rings (SSSR count). The molecule has 0 radical (unpaired) electrons. The maximum atomic E-state index is 12.4. The van der Waals surface area contributed by atoms with Gasteiger partial charge in [0.25, 0.3) is 0 Å². The van der Waals surface area contributed by atoms with Gasteiger partial charge in [0.05, 0.1) is 33.8 Å². The number of nitrogens with one attached hydrogen (secondary N) is 7. The minimum absolute atomic E-state index is 0.0464. The van der Waals surface area contributed by atoms with Gasteiger partial charge >= 0.3 is 12.2 Å². The van der Waals surface area contributed by atoms with Crippen molar-refractivity contribution in [2.45, 2.75) is 141 Å². The Balaban J connectivity index is 0.000000214. The topological polar surface area (TPSA) is 231 Å². The molecule has 2 aliphatic carbocycles. The van der Waals surface area contributed by atoms with Crippen molar-refractivity contribution in [3.63, 3.8) is 0 Å². The molecule has 20 heteroatoms.